The number of nitrogens with zero attached hydrogens (tertiary/aromatic N) is 1. The van der Waals surface area contributed by atoms with E-state index in [1.54, 1.807) is 0 Å². The number of nitro benzene ring substituents is 1. The Bertz CT molecular complexity index is 434. The highest BCUT2D eigenvalue weighted by atomic mass is 19.1. The van der Waals surface area contributed by atoms with Crippen LogP contribution < -0.4 is 0 Å². The summed E-state index contributed by atoms with van der Waals surface area (Å²) in [6.07, 6.45) is -1.97. The Morgan fingerprint density at radius 1 is 1.56 bits per heavy atom. The summed E-state index contributed by atoms with van der Waals surface area (Å²) in [7, 11) is 0. The fourth-order valence-corrected chi connectivity index (χ4v) is 1.16. The minimum absolute atomic E-state index is 0.00880. The molecule has 0 radical (unpaired) electrons. The van der Waals surface area contributed by atoms with Crippen LogP contribution in [0.3, 0.4) is 0 Å². The second-order valence-electron chi connectivity index (χ2n) is 3.08. The standard InChI is InChI=1S/C9H8FNO5/c10-6-3-5(8(12)4-9(13)14)1-2-7(6)11(15)16/h1-3,8,12H,4H2,(H,13,14). The van der Waals surface area contributed by atoms with Gasteiger partial charge in [-0.25, -0.2) is 0 Å². The van der Waals surface area contributed by atoms with Gasteiger partial charge in [0.25, 0.3) is 0 Å². The number of carboxylic acids is 1. The number of aliphatic hydroxyl groups excluding tert-OH is 1. The van der Waals surface area contributed by atoms with Gasteiger partial charge in [0.2, 0.25) is 5.82 Å². The molecule has 0 aliphatic rings. The fourth-order valence-electron chi connectivity index (χ4n) is 1.16. The molecule has 1 atom stereocenters. The first-order valence-electron chi connectivity index (χ1n) is 4.25. The van der Waals surface area contributed by atoms with E-state index >= 15 is 0 Å². The van der Waals surface area contributed by atoms with Crippen molar-refractivity contribution in [1.29, 1.82) is 0 Å². The van der Waals surface area contributed by atoms with E-state index in [0.717, 1.165) is 18.2 Å². The lowest BCUT2D eigenvalue weighted by Gasteiger charge is -2.07. The number of carboxylic acid groups (broad SMARTS) is 1. The molecule has 0 aliphatic carbocycles. The summed E-state index contributed by atoms with van der Waals surface area (Å²) in [6.45, 7) is 0. The Morgan fingerprint density at radius 2 is 2.19 bits per heavy atom. The molecule has 0 spiro atoms. The minimum atomic E-state index is -1.38. The predicted octanol–water partition coefficient (Wildman–Crippen LogP) is 1.24. The van der Waals surface area contributed by atoms with Crippen LogP contribution in [0.5, 0.6) is 0 Å². The third-order valence-corrected chi connectivity index (χ3v) is 1.92. The summed E-state index contributed by atoms with van der Waals surface area (Å²) in [5.74, 6) is -2.35. The van der Waals surface area contributed by atoms with Crippen LogP contribution in [0.4, 0.5) is 10.1 Å². The van der Waals surface area contributed by atoms with E-state index in [-0.39, 0.29) is 5.56 Å². The molecular formula is C9H8FNO5. The van der Waals surface area contributed by atoms with Crippen molar-refractivity contribution in [3.05, 3.63) is 39.7 Å². The third-order valence-electron chi connectivity index (χ3n) is 1.92. The number of aliphatic carboxylic acids is 1. The lowest BCUT2D eigenvalue weighted by Crippen LogP contribution is -2.06. The molecule has 1 aromatic carbocycles. The molecule has 0 heterocycles. The van der Waals surface area contributed by atoms with Crippen LogP contribution in [0, 0.1) is 15.9 Å². The van der Waals surface area contributed by atoms with Gasteiger partial charge >= 0.3 is 11.7 Å². The summed E-state index contributed by atoms with van der Waals surface area (Å²) >= 11 is 0. The molecule has 1 aromatic rings. The summed E-state index contributed by atoms with van der Waals surface area (Å²) in [5.41, 5.74) is -0.725. The molecule has 0 aliphatic heterocycles. The summed E-state index contributed by atoms with van der Waals surface area (Å²) in [4.78, 5) is 19.7. The van der Waals surface area contributed by atoms with Crippen molar-refractivity contribution < 1.29 is 24.3 Å². The van der Waals surface area contributed by atoms with Crippen LogP contribution in [0.25, 0.3) is 0 Å². The zero-order chi connectivity index (χ0) is 12.3. The van der Waals surface area contributed by atoms with E-state index in [1.807, 2.05) is 0 Å². The first-order valence-corrected chi connectivity index (χ1v) is 4.25. The molecule has 6 nitrogen and oxygen atoms in total. The number of rotatable bonds is 4. The summed E-state index contributed by atoms with van der Waals surface area (Å²) < 4.78 is 13.1. The monoisotopic (exact) mass is 229 g/mol. The number of hydrogen-bond donors (Lipinski definition) is 2. The van der Waals surface area contributed by atoms with E-state index in [9.17, 15) is 24.4 Å². The largest absolute Gasteiger partial charge is 0.481 e. The van der Waals surface area contributed by atoms with Gasteiger partial charge in [-0.1, -0.05) is 0 Å². The molecule has 7 heteroatoms. The molecule has 0 saturated carbocycles. The molecule has 0 bridgehead atoms. The van der Waals surface area contributed by atoms with E-state index in [2.05, 4.69) is 0 Å². The average molecular weight is 229 g/mol. The third kappa shape index (κ3) is 2.74. The maximum Gasteiger partial charge on any atom is 0.306 e. The molecule has 2 N–H and O–H groups in total. The molecule has 86 valence electrons. The number of carbonyl (C=O) groups is 1. The highest BCUT2D eigenvalue weighted by Gasteiger charge is 2.18. The smallest absolute Gasteiger partial charge is 0.306 e. The first-order chi connectivity index (χ1) is 7.41. The molecule has 1 unspecified atom stereocenters. The van der Waals surface area contributed by atoms with Crippen molar-refractivity contribution in [3.63, 3.8) is 0 Å². The van der Waals surface area contributed by atoms with Gasteiger partial charge in [0.05, 0.1) is 17.4 Å². The lowest BCUT2D eigenvalue weighted by atomic mass is 10.1. The molecular weight excluding hydrogens is 221 g/mol. The van der Waals surface area contributed by atoms with Crippen LogP contribution in [-0.4, -0.2) is 21.1 Å². The normalized spacial score (nSPS) is 12.1. The minimum Gasteiger partial charge on any atom is -0.481 e. The summed E-state index contributed by atoms with van der Waals surface area (Å²) in [5, 5.41) is 28.0. The summed E-state index contributed by atoms with van der Waals surface area (Å²) in [6, 6.07) is 2.76. The van der Waals surface area contributed by atoms with Crippen LogP contribution in [0.2, 0.25) is 0 Å². The van der Waals surface area contributed by atoms with Gasteiger partial charge in [-0.05, 0) is 17.7 Å². The second-order valence-corrected chi connectivity index (χ2v) is 3.08. The zero-order valence-corrected chi connectivity index (χ0v) is 7.96. The van der Waals surface area contributed by atoms with E-state index < -0.39 is 34.9 Å². The van der Waals surface area contributed by atoms with Crippen LogP contribution in [-0.2, 0) is 4.79 Å². The van der Waals surface area contributed by atoms with Gasteiger partial charge in [0.15, 0.2) is 0 Å². The molecule has 16 heavy (non-hydrogen) atoms. The van der Waals surface area contributed by atoms with Gasteiger partial charge in [-0.2, -0.15) is 4.39 Å². The topological polar surface area (TPSA) is 101 Å². The van der Waals surface area contributed by atoms with E-state index in [1.165, 1.54) is 0 Å². The number of hydrogen-bond acceptors (Lipinski definition) is 4. The van der Waals surface area contributed by atoms with Gasteiger partial charge in [-0.3, -0.25) is 14.9 Å². The van der Waals surface area contributed by atoms with Crippen molar-refractivity contribution in [2.45, 2.75) is 12.5 Å². The Labute approximate surface area is 89.1 Å². The molecule has 1 rings (SSSR count). The Hall–Kier alpha value is -2.02. The Morgan fingerprint density at radius 3 is 2.62 bits per heavy atom. The quantitative estimate of drug-likeness (QED) is 0.597. The predicted molar refractivity (Wildman–Crippen MR) is 50.3 cm³/mol. The van der Waals surface area contributed by atoms with Crippen molar-refractivity contribution >= 4 is 11.7 Å². The van der Waals surface area contributed by atoms with Gasteiger partial charge in [0.1, 0.15) is 0 Å². The van der Waals surface area contributed by atoms with Crippen LogP contribution in [0.15, 0.2) is 18.2 Å². The highest BCUT2D eigenvalue weighted by Crippen LogP contribution is 2.23. The van der Waals surface area contributed by atoms with Crippen molar-refractivity contribution in [2.24, 2.45) is 0 Å². The SMILES string of the molecule is O=C(O)CC(O)c1ccc([N+](=O)[O-])c(F)c1. The van der Waals surface area contributed by atoms with Gasteiger partial charge in [-0.15, -0.1) is 0 Å². The van der Waals surface area contributed by atoms with Crippen molar-refractivity contribution in [1.82, 2.24) is 0 Å². The number of nitro groups is 1. The molecule has 0 aromatic heterocycles. The van der Waals surface area contributed by atoms with Crippen molar-refractivity contribution in [2.75, 3.05) is 0 Å². The highest BCUT2D eigenvalue weighted by molar-refractivity contribution is 5.67. The maximum atomic E-state index is 13.1. The first kappa shape index (κ1) is 12.1. The van der Waals surface area contributed by atoms with Crippen LogP contribution in [0.1, 0.15) is 18.1 Å². The average Bonchev–Trinajstić information content (AvgIpc) is 2.15. The maximum absolute atomic E-state index is 13.1. The Kier molecular flexibility index (Phi) is 3.51. The van der Waals surface area contributed by atoms with Gasteiger partial charge in [0, 0.05) is 6.07 Å². The molecule has 0 amide bonds. The molecule has 0 fully saturated rings. The van der Waals surface area contributed by atoms with E-state index in [4.69, 9.17) is 5.11 Å². The number of aliphatic hydroxyl groups is 1. The van der Waals surface area contributed by atoms with E-state index in [0.29, 0.717) is 0 Å². The Balaban J connectivity index is 2.96. The molecule has 0 saturated heterocycles. The van der Waals surface area contributed by atoms with Crippen LogP contribution >= 0.6 is 0 Å². The number of halogens is 1. The lowest BCUT2D eigenvalue weighted by molar-refractivity contribution is -0.387. The van der Waals surface area contributed by atoms with Crippen molar-refractivity contribution in [3.8, 4) is 0 Å². The fraction of sp³-hybridized carbons (Fsp3) is 0.222. The second kappa shape index (κ2) is 4.67. The zero-order valence-electron chi connectivity index (χ0n) is 7.96. The number of benzene rings is 1. The van der Waals surface area contributed by atoms with Gasteiger partial charge < -0.3 is 10.2 Å².